The lowest BCUT2D eigenvalue weighted by Crippen LogP contribution is -2.17. The molecule has 22 heavy (non-hydrogen) atoms. The number of halogens is 2. The van der Waals surface area contributed by atoms with Crippen molar-refractivity contribution in [2.45, 2.75) is 0 Å². The molecule has 1 amide bonds. The average molecular weight is 429 g/mol. The lowest BCUT2D eigenvalue weighted by Gasteiger charge is -2.09. The van der Waals surface area contributed by atoms with Crippen LogP contribution in [0.1, 0.15) is 15.9 Å². The molecule has 8 heteroatoms. The fourth-order valence-corrected chi connectivity index (χ4v) is 2.42. The van der Waals surface area contributed by atoms with Gasteiger partial charge in [-0.3, -0.25) is 9.78 Å². The van der Waals surface area contributed by atoms with Gasteiger partial charge in [0.2, 0.25) is 0 Å². The summed E-state index contributed by atoms with van der Waals surface area (Å²) < 4.78 is 6.09. The highest BCUT2D eigenvalue weighted by atomic mass is 79.9. The van der Waals surface area contributed by atoms with E-state index in [-0.39, 0.29) is 17.4 Å². The van der Waals surface area contributed by atoms with Crippen molar-refractivity contribution in [3.8, 4) is 11.5 Å². The predicted molar refractivity (Wildman–Crippen MR) is 89.4 cm³/mol. The molecule has 0 saturated carbocycles. The van der Waals surface area contributed by atoms with Gasteiger partial charge in [-0.05, 0) is 50.1 Å². The van der Waals surface area contributed by atoms with Crippen LogP contribution in [0, 0.1) is 0 Å². The third-order valence-electron chi connectivity index (χ3n) is 2.71. The minimum absolute atomic E-state index is 0.0210. The highest BCUT2D eigenvalue weighted by Crippen LogP contribution is 2.41. The molecular formula is C14H11Br2N3O3. The van der Waals surface area contributed by atoms with Crippen molar-refractivity contribution in [2.24, 2.45) is 5.10 Å². The molecule has 0 aliphatic rings. The molecule has 2 aromatic rings. The number of hydrazone groups is 1. The molecule has 2 N–H and O–H groups in total. The van der Waals surface area contributed by atoms with Crippen LogP contribution in [0.2, 0.25) is 0 Å². The van der Waals surface area contributed by atoms with E-state index >= 15 is 0 Å². The zero-order chi connectivity index (χ0) is 16.1. The Labute approximate surface area is 143 Å². The van der Waals surface area contributed by atoms with Crippen molar-refractivity contribution in [3.63, 3.8) is 0 Å². The number of amides is 1. The molecule has 0 saturated heterocycles. The van der Waals surface area contributed by atoms with Gasteiger partial charge in [0, 0.05) is 28.0 Å². The third kappa shape index (κ3) is 3.63. The van der Waals surface area contributed by atoms with Gasteiger partial charge in [0.15, 0.2) is 11.5 Å². The van der Waals surface area contributed by atoms with E-state index in [4.69, 9.17) is 4.74 Å². The molecule has 0 spiro atoms. The topological polar surface area (TPSA) is 83.8 Å². The maximum atomic E-state index is 11.8. The Balaban J connectivity index is 2.17. The van der Waals surface area contributed by atoms with Gasteiger partial charge in [-0.2, -0.15) is 5.10 Å². The van der Waals surface area contributed by atoms with Gasteiger partial charge in [-0.1, -0.05) is 0 Å². The zero-order valence-corrected chi connectivity index (χ0v) is 14.6. The second-order valence-corrected chi connectivity index (χ2v) is 5.67. The monoisotopic (exact) mass is 427 g/mol. The summed E-state index contributed by atoms with van der Waals surface area (Å²) in [7, 11) is 1.45. The van der Waals surface area contributed by atoms with Crippen LogP contribution in [-0.4, -0.2) is 29.3 Å². The number of methoxy groups -OCH3 is 1. The van der Waals surface area contributed by atoms with Crippen molar-refractivity contribution >= 4 is 44.0 Å². The SMILES string of the molecule is COc1cc(/C=N/NC(=O)c2ccncc2)c(Br)c(Br)c1O. The number of pyridine rings is 1. The highest BCUT2D eigenvalue weighted by Gasteiger charge is 2.13. The highest BCUT2D eigenvalue weighted by molar-refractivity contribution is 9.13. The summed E-state index contributed by atoms with van der Waals surface area (Å²) in [5, 5.41) is 13.7. The van der Waals surface area contributed by atoms with Crippen LogP contribution < -0.4 is 10.2 Å². The van der Waals surface area contributed by atoms with Crippen LogP contribution >= 0.6 is 31.9 Å². The van der Waals surface area contributed by atoms with Crippen molar-refractivity contribution < 1.29 is 14.6 Å². The number of aromatic hydroxyl groups is 1. The summed E-state index contributed by atoms with van der Waals surface area (Å²) in [5.74, 6) is -0.0797. The number of phenols is 1. The minimum Gasteiger partial charge on any atom is -0.503 e. The average Bonchev–Trinajstić information content (AvgIpc) is 2.55. The molecule has 0 fully saturated rings. The molecule has 0 atom stereocenters. The number of nitrogens with one attached hydrogen (secondary N) is 1. The molecule has 1 aromatic heterocycles. The van der Waals surface area contributed by atoms with Crippen molar-refractivity contribution in [2.75, 3.05) is 7.11 Å². The Morgan fingerprint density at radius 2 is 2.05 bits per heavy atom. The van der Waals surface area contributed by atoms with E-state index in [0.717, 1.165) is 0 Å². The zero-order valence-electron chi connectivity index (χ0n) is 11.4. The summed E-state index contributed by atoms with van der Waals surface area (Å²) in [4.78, 5) is 15.7. The van der Waals surface area contributed by atoms with E-state index in [1.807, 2.05) is 0 Å². The number of rotatable bonds is 4. The van der Waals surface area contributed by atoms with Gasteiger partial charge in [-0.25, -0.2) is 5.43 Å². The summed E-state index contributed by atoms with van der Waals surface area (Å²) in [5.41, 5.74) is 3.49. The first-order valence-corrected chi connectivity index (χ1v) is 7.61. The number of nitrogens with zero attached hydrogens (tertiary/aromatic N) is 2. The van der Waals surface area contributed by atoms with Crippen LogP contribution in [0.3, 0.4) is 0 Å². The smallest absolute Gasteiger partial charge is 0.271 e. The Bertz CT molecular complexity index is 721. The van der Waals surface area contributed by atoms with Crippen molar-refractivity contribution in [3.05, 3.63) is 50.7 Å². The normalized spacial score (nSPS) is 10.7. The van der Waals surface area contributed by atoms with Gasteiger partial charge in [0.25, 0.3) is 5.91 Å². The molecule has 2 rings (SSSR count). The first-order valence-electron chi connectivity index (χ1n) is 6.03. The van der Waals surface area contributed by atoms with Crippen LogP contribution in [-0.2, 0) is 0 Å². The molecule has 0 radical (unpaired) electrons. The van der Waals surface area contributed by atoms with Crippen LogP contribution in [0.25, 0.3) is 0 Å². The van der Waals surface area contributed by atoms with Gasteiger partial charge >= 0.3 is 0 Å². The maximum absolute atomic E-state index is 11.8. The summed E-state index contributed by atoms with van der Waals surface area (Å²) in [6.07, 6.45) is 4.49. The van der Waals surface area contributed by atoms with Crippen LogP contribution in [0.15, 0.2) is 44.6 Å². The molecule has 6 nitrogen and oxygen atoms in total. The Morgan fingerprint density at radius 1 is 1.36 bits per heavy atom. The molecule has 1 aromatic carbocycles. The molecule has 0 bridgehead atoms. The number of carbonyl (C=O) groups is 1. The fourth-order valence-electron chi connectivity index (χ4n) is 1.59. The number of phenolic OH excluding ortho intramolecular Hbond substituents is 1. The van der Waals surface area contributed by atoms with E-state index in [2.05, 4.69) is 47.4 Å². The molecule has 114 valence electrons. The molecule has 0 unspecified atom stereocenters. The molecule has 0 aliphatic carbocycles. The minimum atomic E-state index is -0.348. The number of benzene rings is 1. The molecule has 0 aliphatic heterocycles. The predicted octanol–water partition coefficient (Wildman–Crippen LogP) is 3.08. The van der Waals surface area contributed by atoms with E-state index in [9.17, 15) is 9.90 Å². The number of carbonyl (C=O) groups excluding carboxylic acids is 1. The van der Waals surface area contributed by atoms with E-state index in [1.165, 1.54) is 25.7 Å². The van der Waals surface area contributed by atoms with Crippen molar-refractivity contribution in [1.29, 1.82) is 0 Å². The lowest BCUT2D eigenvalue weighted by molar-refractivity contribution is 0.0955. The van der Waals surface area contributed by atoms with E-state index in [0.29, 0.717) is 20.1 Å². The summed E-state index contributed by atoms with van der Waals surface area (Å²) in [6, 6.07) is 4.76. The van der Waals surface area contributed by atoms with Gasteiger partial charge in [0.05, 0.1) is 17.8 Å². The van der Waals surface area contributed by atoms with Gasteiger partial charge in [0.1, 0.15) is 0 Å². The Hall–Kier alpha value is -1.93. The number of aromatic nitrogens is 1. The van der Waals surface area contributed by atoms with E-state index in [1.54, 1.807) is 18.2 Å². The lowest BCUT2D eigenvalue weighted by atomic mass is 10.2. The molecule has 1 heterocycles. The number of hydrogen-bond acceptors (Lipinski definition) is 5. The standard InChI is InChI=1S/C14H11Br2N3O3/c1-22-10-6-9(11(15)12(16)13(10)20)7-18-19-14(21)8-2-4-17-5-3-8/h2-7,20H,1H3,(H,19,21)/b18-7+. The summed E-state index contributed by atoms with van der Waals surface area (Å²) >= 11 is 6.58. The third-order valence-corrected chi connectivity index (χ3v) is 4.86. The maximum Gasteiger partial charge on any atom is 0.271 e. The number of ether oxygens (including phenoxy) is 1. The quantitative estimate of drug-likeness (QED) is 0.578. The van der Waals surface area contributed by atoms with Gasteiger partial charge < -0.3 is 9.84 Å². The molecular weight excluding hydrogens is 418 g/mol. The largest absolute Gasteiger partial charge is 0.503 e. The number of hydrogen-bond donors (Lipinski definition) is 2. The second kappa shape index (κ2) is 7.37. The first-order chi connectivity index (χ1) is 10.5. The first kappa shape index (κ1) is 16.4. The van der Waals surface area contributed by atoms with Crippen LogP contribution in [0.4, 0.5) is 0 Å². The second-order valence-electron chi connectivity index (χ2n) is 4.08. The van der Waals surface area contributed by atoms with E-state index < -0.39 is 0 Å². The summed E-state index contributed by atoms with van der Waals surface area (Å²) in [6.45, 7) is 0. The Morgan fingerprint density at radius 3 is 2.68 bits per heavy atom. The fraction of sp³-hybridized carbons (Fsp3) is 0.0714. The van der Waals surface area contributed by atoms with Crippen molar-refractivity contribution in [1.82, 2.24) is 10.4 Å². The Kier molecular flexibility index (Phi) is 5.51. The van der Waals surface area contributed by atoms with Crippen LogP contribution in [0.5, 0.6) is 11.5 Å². The van der Waals surface area contributed by atoms with Gasteiger partial charge in [-0.15, -0.1) is 0 Å².